The van der Waals surface area contributed by atoms with E-state index >= 15 is 0 Å². The minimum absolute atomic E-state index is 0.958. The summed E-state index contributed by atoms with van der Waals surface area (Å²) in [4.78, 5) is 0. The molecule has 0 aromatic heterocycles. The molecule has 0 N–H and O–H groups in total. The minimum Gasteiger partial charge on any atom is -0.103 e. The molecule has 0 saturated carbocycles. The van der Waals surface area contributed by atoms with Gasteiger partial charge in [-0.25, -0.2) is 0 Å². The van der Waals surface area contributed by atoms with E-state index in [0.29, 0.717) is 0 Å². The van der Waals surface area contributed by atoms with E-state index in [9.17, 15) is 0 Å². The van der Waals surface area contributed by atoms with Crippen molar-refractivity contribution in [3.8, 4) is 11.8 Å². The average molecular weight is 184 g/mol. The Morgan fingerprint density at radius 2 is 2.00 bits per heavy atom. The molecular formula is C14H16. The molecule has 0 bridgehead atoms. The highest BCUT2D eigenvalue weighted by molar-refractivity contribution is 5.35. The average Bonchev–Trinajstić information content (AvgIpc) is 2.21. The van der Waals surface area contributed by atoms with Crippen LogP contribution in [0.2, 0.25) is 0 Å². The normalized spacial score (nSPS) is 8.93. The van der Waals surface area contributed by atoms with E-state index in [2.05, 4.69) is 49.6 Å². The molecule has 0 aliphatic heterocycles. The molecule has 0 aliphatic carbocycles. The molecule has 0 amide bonds. The number of unbranched alkanes of at least 4 members (excludes halogenated alkanes) is 2. The summed E-state index contributed by atoms with van der Waals surface area (Å²) in [6, 6.07) is 8.31. The van der Waals surface area contributed by atoms with Crippen LogP contribution in [0.3, 0.4) is 0 Å². The van der Waals surface area contributed by atoms with Crippen LogP contribution in [0.4, 0.5) is 0 Å². The maximum Gasteiger partial charge on any atom is 0.0245 e. The third-order valence-corrected chi connectivity index (χ3v) is 1.99. The Morgan fingerprint density at radius 3 is 2.64 bits per heavy atom. The van der Waals surface area contributed by atoms with Gasteiger partial charge in [-0.1, -0.05) is 35.6 Å². The summed E-state index contributed by atoms with van der Waals surface area (Å²) >= 11 is 0. The zero-order chi connectivity index (χ0) is 10.2. The number of hydrogen-bond donors (Lipinski definition) is 0. The zero-order valence-electron chi connectivity index (χ0n) is 8.72. The number of allylic oxidation sites excluding steroid dienone is 1. The number of rotatable bonds is 3. The lowest BCUT2D eigenvalue weighted by Crippen LogP contribution is -1.75. The molecule has 0 unspecified atom stereocenters. The van der Waals surface area contributed by atoms with Crippen molar-refractivity contribution in [3.05, 3.63) is 48.0 Å². The summed E-state index contributed by atoms with van der Waals surface area (Å²) in [5.74, 6) is 6.30. The second kappa shape index (κ2) is 6.05. The van der Waals surface area contributed by atoms with E-state index in [1.54, 1.807) is 0 Å². The molecule has 0 saturated heterocycles. The minimum atomic E-state index is 0.958. The van der Waals surface area contributed by atoms with E-state index in [-0.39, 0.29) is 0 Å². The molecule has 0 radical (unpaired) electrons. The van der Waals surface area contributed by atoms with Gasteiger partial charge >= 0.3 is 0 Å². The Labute approximate surface area is 86.7 Å². The summed E-state index contributed by atoms with van der Waals surface area (Å²) in [6.45, 7) is 5.76. The van der Waals surface area contributed by atoms with Crippen LogP contribution in [0.1, 0.15) is 30.4 Å². The van der Waals surface area contributed by atoms with Crippen molar-refractivity contribution in [3.63, 3.8) is 0 Å². The van der Waals surface area contributed by atoms with Crippen molar-refractivity contribution in [1.29, 1.82) is 0 Å². The topological polar surface area (TPSA) is 0 Å². The summed E-state index contributed by atoms with van der Waals surface area (Å²) in [5.41, 5.74) is 2.39. The largest absolute Gasteiger partial charge is 0.103 e. The number of aryl methyl sites for hydroxylation is 1. The Kier molecular flexibility index (Phi) is 4.58. The fourth-order valence-corrected chi connectivity index (χ4v) is 1.14. The van der Waals surface area contributed by atoms with Crippen molar-refractivity contribution in [2.45, 2.75) is 26.2 Å². The Bertz CT molecular complexity index is 333. The van der Waals surface area contributed by atoms with Crippen molar-refractivity contribution in [2.75, 3.05) is 0 Å². The third kappa shape index (κ3) is 3.96. The predicted molar refractivity (Wildman–Crippen MR) is 62.1 cm³/mol. The SMILES string of the molecule is C=CCCCC#Cc1ccc(C)cc1. The van der Waals surface area contributed by atoms with Gasteiger partial charge in [0.25, 0.3) is 0 Å². The molecule has 0 fully saturated rings. The molecule has 0 aliphatic rings. The van der Waals surface area contributed by atoms with Gasteiger partial charge in [0.15, 0.2) is 0 Å². The highest BCUT2D eigenvalue weighted by atomic mass is 13.9. The first-order valence-corrected chi connectivity index (χ1v) is 4.99. The van der Waals surface area contributed by atoms with Crippen LogP contribution in [-0.2, 0) is 0 Å². The molecule has 1 rings (SSSR count). The van der Waals surface area contributed by atoms with Crippen LogP contribution in [0, 0.1) is 18.8 Å². The third-order valence-electron chi connectivity index (χ3n) is 1.99. The van der Waals surface area contributed by atoms with Gasteiger partial charge < -0.3 is 0 Å². The van der Waals surface area contributed by atoms with E-state index in [0.717, 1.165) is 24.8 Å². The molecule has 1 aromatic rings. The lowest BCUT2D eigenvalue weighted by atomic mass is 10.1. The molecular weight excluding hydrogens is 168 g/mol. The number of benzene rings is 1. The van der Waals surface area contributed by atoms with Crippen LogP contribution in [0.25, 0.3) is 0 Å². The first-order chi connectivity index (χ1) is 6.83. The second-order valence-electron chi connectivity index (χ2n) is 3.35. The fraction of sp³-hybridized carbons (Fsp3) is 0.286. The van der Waals surface area contributed by atoms with Crippen LogP contribution < -0.4 is 0 Å². The molecule has 0 heterocycles. The fourth-order valence-electron chi connectivity index (χ4n) is 1.14. The maximum atomic E-state index is 3.68. The Morgan fingerprint density at radius 1 is 1.29 bits per heavy atom. The molecule has 0 nitrogen and oxygen atoms in total. The Hall–Kier alpha value is -1.48. The van der Waals surface area contributed by atoms with E-state index in [4.69, 9.17) is 0 Å². The van der Waals surface area contributed by atoms with Gasteiger partial charge in [0.2, 0.25) is 0 Å². The summed E-state index contributed by atoms with van der Waals surface area (Å²) in [5, 5.41) is 0. The van der Waals surface area contributed by atoms with E-state index in [1.165, 1.54) is 5.56 Å². The molecule has 1 aromatic carbocycles. The van der Waals surface area contributed by atoms with E-state index < -0.39 is 0 Å². The maximum absolute atomic E-state index is 3.68. The van der Waals surface area contributed by atoms with Crippen molar-refractivity contribution in [2.24, 2.45) is 0 Å². The van der Waals surface area contributed by atoms with Crippen LogP contribution >= 0.6 is 0 Å². The lowest BCUT2D eigenvalue weighted by Gasteiger charge is -1.91. The van der Waals surface area contributed by atoms with Gasteiger partial charge in [-0.2, -0.15) is 0 Å². The predicted octanol–water partition coefficient (Wildman–Crippen LogP) is 3.70. The second-order valence-corrected chi connectivity index (χ2v) is 3.35. The zero-order valence-corrected chi connectivity index (χ0v) is 8.72. The van der Waals surface area contributed by atoms with Gasteiger partial charge in [-0.05, 0) is 31.9 Å². The van der Waals surface area contributed by atoms with Gasteiger partial charge in [-0.15, -0.1) is 6.58 Å². The van der Waals surface area contributed by atoms with Crippen molar-refractivity contribution in [1.82, 2.24) is 0 Å². The van der Waals surface area contributed by atoms with Crippen molar-refractivity contribution >= 4 is 0 Å². The monoisotopic (exact) mass is 184 g/mol. The first-order valence-electron chi connectivity index (χ1n) is 4.99. The first kappa shape index (κ1) is 10.6. The molecule has 72 valence electrons. The van der Waals surface area contributed by atoms with Gasteiger partial charge in [0.1, 0.15) is 0 Å². The lowest BCUT2D eigenvalue weighted by molar-refractivity contribution is 0.887. The van der Waals surface area contributed by atoms with Crippen molar-refractivity contribution < 1.29 is 0 Å². The summed E-state index contributed by atoms with van der Waals surface area (Å²) in [6.07, 6.45) is 5.07. The Balaban J connectivity index is 2.43. The summed E-state index contributed by atoms with van der Waals surface area (Å²) in [7, 11) is 0. The smallest absolute Gasteiger partial charge is 0.0245 e. The summed E-state index contributed by atoms with van der Waals surface area (Å²) < 4.78 is 0. The van der Waals surface area contributed by atoms with Crippen LogP contribution in [0.15, 0.2) is 36.9 Å². The van der Waals surface area contributed by atoms with Crippen LogP contribution in [0.5, 0.6) is 0 Å². The quantitative estimate of drug-likeness (QED) is 0.381. The van der Waals surface area contributed by atoms with Gasteiger partial charge in [0.05, 0.1) is 0 Å². The van der Waals surface area contributed by atoms with Crippen LogP contribution in [-0.4, -0.2) is 0 Å². The molecule has 0 heteroatoms. The van der Waals surface area contributed by atoms with E-state index in [1.807, 2.05) is 6.08 Å². The highest BCUT2D eigenvalue weighted by Gasteiger charge is 1.85. The van der Waals surface area contributed by atoms with Gasteiger partial charge in [-0.3, -0.25) is 0 Å². The standard InChI is InChI=1S/C14H16/c1-3-4-5-6-7-8-14-11-9-13(2)10-12-14/h3,9-12H,1,4-6H2,2H3. The molecule has 14 heavy (non-hydrogen) atoms. The molecule has 0 atom stereocenters. The highest BCUT2D eigenvalue weighted by Crippen LogP contribution is 2.01. The number of hydrogen-bond acceptors (Lipinski definition) is 0. The molecule has 0 spiro atoms. The van der Waals surface area contributed by atoms with Gasteiger partial charge in [0, 0.05) is 12.0 Å².